The number of Topliss-reactive ketones (excluding diaryl/α,β-unsaturated/α-hetero) is 1. The van der Waals surface area contributed by atoms with Gasteiger partial charge in [-0.1, -0.05) is 24.6 Å². The van der Waals surface area contributed by atoms with E-state index in [0.29, 0.717) is 12.1 Å². The molecule has 1 saturated carbocycles. The molecule has 2 atom stereocenters. The average molecular weight is 506 g/mol. The molecule has 1 aliphatic carbocycles. The van der Waals surface area contributed by atoms with E-state index in [4.69, 9.17) is 4.74 Å². The van der Waals surface area contributed by atoms with E-state index in [1.54, 1.807) is 19.2 Å². The molecular formula is C30H36FN3O3. The van der Waals surface area contributed by atoms with E-state index in [-0.39, 0.29) is 29.5 Å². The Morgan fingerprint density at radius 1 is 1.22 bits per heavy atom. The number of aromatic amines is 1. The van der Waals surface area contributed by atoms with Gasteiger partial charge in [-0.25, -0.2) is 4.39 Å². The first kappa shape index (κ1) is 24.6. The van der Waals surface area contributed by atoms with Crippen LogP contribution in [0, 0.1) is 11.7 Å². The molecule has 0 bridgehead atoms. The van der Waals surface area contributed by atoms with Crippen LogP contribution in [0.5, 0.6) is 5.75 Å². The number of ether oxygens (including phenoxy) is 1. The van der Waals surface area contributed by atoms with E-state index in [1.807, 2.05) is 25.1 Å². The van der Waals surface area contributed by atoms with Crippen molar-refractivity contribution in [1.82, 2.24) is 15.2 Å². The number of aliphatic hydroxyl groups is 1. The minimum Gasteiger partial charge on any atom is -0.497 e. The molecule has 1 saturated heterocycles. The van der Waals surface area contributed by atoms with Crippen LogP contribution in [0.4, 0.5) is 4.39 Å². The van der Waals surface area contributed by atoms with E-state index in [2.05, 4.69) is 21.3 Å². The number of benzene rings is 2. The van der Waals surface area contributed by atoms with E-state index in [1.165, 1.54) is 6.07 Å². The molecule has 2 aliphatic heterocycles. The highest BCUT2D eigenvalue weighted by molar-refractivity contribution is 5.97. The molecule has 6 rings (SSSR count). The molecule has 3 heterocycles. The zero-order valence-corrected chi connectivity index (χ0v) is 21.6. The molecule has 37 heavy (non-hydrogen) atoms. The maximum atomic E-state index is 15.2. The number of aliphatic hydroxyl groups excluding tert-OH is 1. The number of ketones is 1. The molecule has 2 fully saturated rings. The lowest BCUT2D eigenvalue weighted by molar-refractivity contribution is -0.148. The van der Waals surface area contributed by atoms with Gasteiger partial charge in [-0.2, -0.15) is 0 Å². The Bertz CT molecular complexity index is 1330. The molecule has 7 heteroatoms. The number of hydrogen-bond acceptors (Lipinski definition) is 5. The van der Waals surface area contributed by atoms with Crippen molar-refractivity contribution in [3.8, 4) is 5.75 Å². The molecule has 1 aromatic heterocycles. The van der Waals surface area contributed by atoms with Crippen molar-refractivity contribution >= 4 is 16.7 Å². The number of fused-ring (bicyclic) bond motifs is 4. The van der Waals surface area contributed by atoms with Crippen LogP contribution in [0.3, 0.4) is 0 Å². The summed E-state index contributed by atoms with van der Waals surface area (Å²) in [6.45, 7) is 3.93. The summed E-state index contributed by atoms with van der Waals surface area (Å²) in [7, 11) is 1.65. The molecule has 2 aromatic carbocycles. The monoisotopic (exact) mass is 505 g/mol. The second-order valence-electron chi connectivity index (χ2n) is 11.2. The highest BCUT2D eigenvalue weighted by atomic mass is 19.1. The number of nitrogens with zero attached hydrogens (tertiary/aromatic N) is 1. The number of carbonyl (C=O) groups is 1. The number of piperidine rings is 1. The van der Waals surface area contributed by atoms with Crippen LogP contribution in [0.25, 0.3) is 10.9 Å². The fraction of sp³-hybridized carbons (Fsp3) is 0.500. The van der Waals surface area contributed by atoms with Gasteiger partial charge < -0.3 is 20.1 Å². The second kappa shape index (κ2) is 9.22. The predicted molar refractivity (Wildman–Crippen MR) is 141 cm³/mol. The summed E-state index contributed by atoms with van der Waals surface area (Å²) in [5.74, 6) is 0.401. The van der Waals surface area contributed by atoms with Crippen molar-refractivity contribution in [2.24, 2.45) is 5.92 Å². The minimum atomic E-state index is -1.27. The van der Waals surface area contributed by atoms with E-state index in [0.717, 1.165) is 73.1 Å². The molecule has 3 aromatic rings. The van der Waals surface area contributed by atoms with E-state index >= 15 is 4.39 Å². The number of nitrogens with one attached hydrogen (secondary N) is 2. The Labute approximate surface area is 217 Å². The molecule has 3 aliphatic rings. The summed E-state index contributed by atoms with van der Waals surface area (Å²) in [5.41, 5.74) is 1.88. The van der Waals surface area contributed by atoms with Crippen molar-refractivity contribution in [2.45, 2.75) is 56.0 Å². The molecule has 0 amide bonds. The van der Waals surface area contributed by atoms with E-state index < -0.39 is 11.6 Å². The van der Waals surface area contributed by atoms with Crippen LogP contribution in [0.1, 0.15) is 61.9 Å². The standard InChI is InChI=1S/C30H36FN3O3/c1-19(22-8-3-4-9-24(22)31)34-17-29(12-14-32-15-13-29)26-23-11-10-21(37-2)16-25(23)33-27(26)30(34,18-35)28(36)20-6-5-7-20/h3-4,8-11,16,19-20,32-33,35H,5-7,12-15,17-18H2,1-2H3/t19-,30+/m0/s1. The van der Waals surface area contributed by atoms with Crippen LogP contribution in [0.2, 0.25) is 0 Å². The topological polar surface area (TPSA) is 77.6 Å². The molecule has 1 spiro atoms. The van der Waals surface area contributed by atoms with Crippen molar-refractivity contribution in [3.63, 3.8) is 0 Å². The third-order valence-electron chi connectivity index (χ3n) is 9.41. The SMILES string of the molecule is COc1ccc2c3c([nH]c2c1)[C@](CO)(C(=O)C1CCC1)N([C@@H](C)c1ccccc1F)CC31CCNCC1. The highest BCUT2D eigenvalue weighted by Crippen LogP contribution is 2.54. The van der Waals surface area contributed by atoms with Gasteiger partial charge >= 0.3 is 0 Å². The first-order valence-electron chi connectivity index (χ1n) is 13.5. The number of carbonyl (C=O) groups excluding carboxylic acids is 1. The molecule has 0 radical (unpaired) electrons. The first-order chi connectivity index (χ1) is 17.9. The molecule has 3 N–H and O–H groups in total. The van der Waals surface area contributed by atoms with E-state index in [9.17, 15) is 9.90 Å². The number of methoxy groups -OCH3 is 1. The lowest BCUT2D eigenvalue weighted by atomic mass is 9.62. The lowest BCUT2D eigenvalue weighted by Crippen LogP contribution is -2.65. The van der Waals surface area contributed by atoms with Gasteiger partial charge in [0.25, 0.3) is 0 Å². The van der Waals surface area contributed by atoms with Crippen LogP contribution >= 0.6 is 0 Å². The number of halogens is 1. The molecule has 6 nitrogen and oxygen atoms in total. The molecule has 196 valence electrons. The Kier molecular flexibility index (Phi) is 6.13. The molecular weight excluding hydrogens is 469 g/mol. The third-order valence-corrected chi connectivity index (χ3v) is 9.41. The summed E-state index contributed by atoms with van der Waals surface area (Å²) in [5, 5.41) is 15.8. The Morgan fingerprint density at radius 2 is 1.97 bits per heavy atom. The summed E-state index contributed by atoms with van der Waals surface area (Å²) in [4.78, 5) is 20.2. The van der Waals surface area contributed by atoms with Crippen LogP contribution in [-0.2, 0) is 15.7 Å². The zero-order chi connectivity index (χ0) is 25.8. The van der Waals surface area contributed by atoms with Gasteiger partial charge in [0.1, 0.15) is 17.1 Å². The zero-order valence-electron chi connectivity index (χ0n) is 21.6. The quantitative estimate of drug-likeness (QED) is 0.458. The van der Waals surface area contributed by atoms with Gasteiger partial charge in [-0.05, 0) is 69.5 Å². The lowest BCUT2D eigenvalue weighted by Gasteiger charge is -2.56. The average Bonchev–Trinajstić information content (AvgIpc) is 3.28. The summed E-state index contributed by atoms with van der Waals surface area (Å²) < 4.78 is 20.7. The van der Waals surface area contributed by atoms with Crippen molar-refractivity contribution in [1.29, 1.82) is 0 Å². The van der Waals surface area contributed by atoms with Gasteiger partial charge in [0, 0.05) is 46.5 Å². The third kappa shape index (κ3) is 3.58. The largest absolute Gasteiger partial charge is 0.497 e. The van der Waals surface area contributed by atoms with Gasteiger partial charge in [0.05, 0.1) is 19.4 Å². The van der Waals surface area contributed by atoms with Crippen LogP contribution in [-0.4, -0.2) is 54.1 Å². The highest BCUT2D eigenvalue weighted by Gasteiger charge is 2.59. The summed E-state index contributed by atoms with van der Waals surface area (Å²) in [6.07, 6.45) is 4.49. The normalized spacial score (nSPS) is 24.5. The number of aromatic nitrogens is 1. The van der Waals surface area contributed by atoms with Crippen molar-refractivity contribution in [3.05, 3.63) is 65.1 Å². The second-order valence-corrected chi connectivity index (χ2v) is 11.2. The number of H-pyrrole nitrogens is 1. The Hall–Kier alpha value is -2.74. The Balaban J connectivity index is 1.64. The van der Waals surface area contributed by atoms with Crippen LogP contribution < -0.4 is 10.1 Å². The predicted octanol–water partition coefficient (Wildman–Crippen LogP) is 4.57. The summed E-state index contributed by atoms with van der Waals surface area (Å²) >= 11 is 0. The van der Waals surface area contributed by atoms with Gasteiger partial charge in [0.2, 0.25) is 0 Å². The Morgan fingerprint density at radius 3 is 2.62 bits per heavy atom. The van der Waals surface area contributed by atoms with Crippen molar-refractivity contribution < 1.29 is 19.0 Å². The smallest absolute Gasteiger partial charge is 0.164 e. The fourth-order valence-electron chi connectivity index (χ4n) is 7.13. The molecule has 0 unspecified atom stereocenters. The number of rotatable bonds is 6. The fourth-order valence-corrected chi connectivity index (χ4v) is 7.13. The van der Waals surface area contributed by atoms with Gasteiger partial charge in [-0.15, -0.1) is 0 Å². The van der Waals surface area contributed by atoms with Crippen molar-refractivity contribution in [2.75, 3.05) is 33.4 Å². The van der Waals surface area contributed by atoms with Gasteiger partial charge in [-0.3, -0.25) is 9.69 Å². The van der Waals surface area contributed by atoms with Gasteiger partial charge in [0.15, 0.2) is 5.78 Å². The summed E-state index contributed by atoms with van der Waals surface area (Å²) in [6, 6.07) is 12.4. The maximum Gasteiger partial charge on any atom is 0.164 e. The minimum absolute atomic E-state index is 0.0491. The van der Waals surface area contributed by atoms with Crippen LogP contribution in [0.15, 0.2) is 42.5 Å². The number of hydrogen-bond donors (Lipinski definition) is 3. The maximum absolute atomic E-state index is 15.2. The first-order valence-corrected chi connectivity index (χ1v) is 13.5.